The number of ether oxygens (including phenoxy) is 3. The van der Waals surface area contributed by atoms with Gasteiger partial charge in [0.15, 0.2) is 6.10 Å². The summed E-state index contributed by atoms with van der Waals surface area (Å²) in [6, 6.07) is 0. The number of hydrogen-bond donors (Lipinski definition) is 0. The zero-order chi connectivity index (χ0) is 45.2. The second kappa shape index (κ2) is 50.4. The van der Waals surface area contributed by atoms with E-state index in [0.29, 0.717) is 19.3 Å². The summed E-state index contributed by atoms with van der Waals surface area (Å²) in [6.45, 7) is 8.99. The smallest absolute Gasteiger partial charge is 0.306 e. The van der Waals surface area contributed by atoms with Crippen molar-refractivity contribution in [3.63, 3.8) is 0 Å². The number of unbranched alkanes of at least 4 members (excludes halogenated alkanes) is 38. The Morgan fingerprint density at radius 2 is 0.532 bits per heavy atom. The monoisotopic (exact) mass is 877 g/mol. The van der Waals surface area contributed by atoms with Crippen LogP contribution in [0, 0.1) is 5.92 Å². The van der Waals surface area contributed by atoms with Gasteiger partial charge in [0.25, 0.3) is 0 Å². The Balaban J connectivity index is 4.04. The SMILES string of the molecule is CCCCCCCCCCCCCCCCCCCCC(=O)O[C@H](COC(=O)CCCCCCC)COC(=O)CCCCCCCCCCCCCCCCCCCCC(C)C. The normalized spacial score (nSPS) is 12.0. The third-order valence-electron chi connectivity index (χ3n) is 12.8. The molecule has 0 aliphatic heterocycles. The van der Waals surface area contributed by atoms with Gasteiger partial charge in [0.05, 0.1) is 0 Å². The molecule has 0 saturated carbocycles. The summed E-state index contributed by atoms with van der Waals surface area (Å²) in [4.78, 5) is 37.7. The second-order valence-corrected chi connectivity index (χ2v) is 19.7. The molecule has 0 rings (SSSR count). The zero-order valence-corrected chi connectivity index (χ0v) is 42.3. The number of esters is 3. The van der Waals surface area contributed by atoms with Gasteiger partial charge >= 0.3 is 17.9 Å². The van der Waals surface area contributed by atoms with Gasteiger partial charge < -0.3 is 14.2 Å². The fourth-order valence-corrected chi connectivity index (χ4v) is 8.57. The van der Waals surface area contributed by atoms with Crippen molar-refractivity contribution < 1.29 is 28.6 Å². The van der Waals surface area contributed by atoms with Crippen molar-refractivity contribution in [2.45, 2.75) is 323 Å². The van der Waals surface area contributed by atoms with Crippen LogP contribution in [0.15, 0.2) is 0 Å². The highest BCUT2D eigenvalue weighted by atomic mass is 16.6. The number of carbonyl (C=O) groups is 3. The van der Waals surface area contributed by atoms with E-state index in [2.05, 4.69) is 27.7 Å². The van der Waals surface area contributed by atoms with E-state index < -0.39 is 6.10 Å². The average Bonchev–Trinajstić information content (AvgIpc) is 3.26. The Morgan fingerprint density at radius 3 is 0.790 bits per heavy atom. The average molecular weight is 877 g/mol. The summed E-state index contributed by atoms with van der Waals surface area (Å²) >= 11 is 0. The van der Waals surface area contributed by atoms with Crippen molar-refractivity contribution in [3.8, 4) is 0 Å². The maximum absolute atomic E-state index is 12.8. The van der Waals surface area contributed by atoms with E-state index in [1.165, 1.54) is 205 Å². The maximum atomic E-state index is 12.8. The quantitative estimate of drug-likeness (QED) is 0.0344. The van der Waals surface area contributed by atoms with Crippen LogP contribution in [0.2, 0.25) is 0 Å². The van der Waals surface area contributed by atoms with E-state index >= 15 is 0 Å². The topological polar surface area (TPSA) is 78.9 Å². The van der Waals surface area contributed by atoms with Gasteiger partial charge in [-0.15, -0.1) is 0 Å². The summed E-state index contributed by atoms with van der Waals surface area (Å²) in [5.41, 5.74) is 0. The van der Waals surface area contributed by atoms with Gasteiger partial charge in [0.1, 0.15) is 13.2 Å². The van der Waals surface area contributed by atoms with Crippen molar-refractivity contribution in [2.75, 3.05) is 13.2 Å². The Morgan fingerprint density at radius 1 is 0.306 bits per heavy atom. The molecule has 0 heterocycles. The third kappa shape index (κ3) is 49.4. The van der Waals surface area contributed by atoms with Crippen molar-refractivity contribution >= 4 is 17.9 Å². The Labute approximate surface area is 387 Å². The molecule has 0 N–H and O–H groups in total. The molecule has 6 heteroatoms. The fourth-order valence-electron chi connectivity index (χ4n) is 8.57. The lowest BCUT2D eigenvalue weighted by atomic mass is 10.0. The van der Waals surface area contributed by atoms with Crippen LogP contribution in [-0.4, -0.2) is 37.2 Å². The lowest BCUT2D eigenvalue weighted by molar-refractivity contribution is -0.167. The second-order valence-electron chi connectivity index (χ2n) is 19.7. The molecule has 0 bridgehead atoms. The molecule has 0 aromatic carbocycles. The van der Waals surface area contributed by atoms with Crippen LogP contribution in [-0.2, 0) is 28.6 Å². The minimum absolute atomic E-state index is 0.0633. The first-order chi connectivity index (χ1) is 30.4. The Kier molecular flexibility index (Phi) is 49.1. The summed E-state index contributed by atoms with van der Waals surface area (Å²) in [5, 5.41) is 0. The van der Waals surface area contributed by atoms with E-state index in [1.54, 1.807) is 0 Å². The molecule has 0 radical (unpaired) electrons. The predicted octanol–water partition coefficient (Wildman–Crippen LogP) is 18.2. The molecule has 6 nitrogen and oxygen atoms in total. The fraction of sp³-hybridized carbons (Fsp3) is 0.946. The van der Waals surface area contributed by atoms with Gasteiger partial charge in [0.2, 0.25) is 0 Å². The molecule has 1 atom stereocenters. The molecular formula is C56H108O6. The van der Waals surface area contributed by atoms with Crippen molar-refractivity contribution in [1.82, 2.24) is 0 Å². The molecule has 0 saturated heterocycles. The van der Waals surface area contributed by atoms with Gasteiger partial charge in [-0.3, -0.25) is 14.4 Å². The summed E-state index contributed by atoms with van der Waals surface area (Å²) in [7, 11) is 0. The number of rotatable bonds is 51. The maximum Gasteiger partial charge on any atom is 0.306 e. The molecule has 0 aliphatic rings. The first-order valence-electron chi connectivity index (χ1n) is 27.9. The molecular weight excluding hydrogens is 769 g/mol. The lowest BCUT2D eigenvalue weighted by Gasteiger charge is -2.18. The van der Waals surface area contributed by atoms with E-state index in [0.717, 1.165) is 70.1 Å². The third-order valence-corrected chi connectivity index (χ3v) is 12.8. The number of hydrogen-bond acceptors (Lipinski definition) is 6. The van der Waals surface area contributed by atoms with Crippen molar-refractivity contribution in [3.05, 3.63) is 0 Å². The van der Waals surface area contributed by atoms with E-state index in [9.17, 15) is 14.4 Å². The summed E-state index contributed by atoms with van der Waals surface area (Å²) < 4.78 is 16.7. The van der Waals surface area contributed by atoms with Gasteiger partial charge in [0, 0.05) is 19.3 Å². The van der Waals surface area contributed by atoms with Gasteiger partial charge in [-0.1, -0.05) is 278 Å². The molecule has 0 spiro atoms. The molecule has 0 aromatic heterocycles. The van der Waals surface area contributed by atoms with Gasteiger partial charge in [-0.25, -0.2) is 0 Å². The Hall–Kier alpha value is -1.59. The standard InChI is InChI=1S/C56H108O6/c1-5-7-9-11-12-13-14-15-16-17-21-25-28-31-34-37-41-45-49-56(59)62-53(50-60-54(57)47-43-38-10-8-6-2)51-61-55(58)48-44-40-36-33-30-27-24-22-19-18-20-23-26-29-32-35-39-42-46-52(3)4/h52-53H,5-51H2,1-4H3/t53-/m1/s1. The predicted molar refractivity (Wildman–Crippen MR) is 266 cm³/mol. The minimum atomic E-state index is -0.759. The van der Waals surface area contributed by atoms with Crippen LogP contribution < -0.4 is 0 Å². The van der Waals surface area contributed by atoms with Gasteiger partial charge in [-0.05, 0) is 25.2 Å². The van der Waals surface area contributed by atoms with Crippen LogP contribution in [0.4, 0.5) is 0 Å². The van der Waals surface area contributed by atoms with Crippen molar-refractivity contribution in [1.29, 1.82) is 0 Å². The summed E-state index contributed by atoms with van der Waals surface area (Å²) in [6.07, 6.45) is 54.2. The van der Waals surface area contributed by atoms with Crippen LogP contribution >= 0.6 is 0 Å². The largest absolute Gasteiger partial charge is 0.462 e. The van der Waals surface area contributed by atoms with Crippen LogP contribution in [0.5, 0.6) is 0 Å². The van der Waals surface area contributed by atoms with Crippen LogP contribution in [0.25, 0.3) is 0 Å². The molecule has 0 aliphatic carbocycles. The Bertz CT molecular complexity index is 933. The molecule has 0 unspecified atom stereocenters. The van der Waals surface area contributed by atoms with Crippen LogP contribution in [0.1, 0.15) is 317 Å². The van der Waals surface area contributed by atoms with E-state index in [-0.39, 0.29) is 31.1 Å². The van der Waals surface area contributed by atoms with Crippen LogP contribution in [0.3, 0.4) is 0 Å². The summed E-state index contributed by atoms with van der Waals surface area (Å²) in [5.74, 6) is 0.00465. The molecule has 0 aromatic rings. The number of carbonyl (C=O) groups excluding carboxylic acids is 3. The molecule has 368 valence electrons. The van der Waals surface area contributed by atoms with E-state index in [4.69, 9.17) is 14.2 Å². The minimum Gasteiger partial charge on any atom is -0.462 e. The van der Waals surface area contributed by atoms with Crippen molar-refractivity contribution in [2.24, 2.45) is 5.92 Å². The highest BCUT2D eigenvalue weighted by Gasteiger charge is 2.19. The zero-order valence-electron chi connectivity index (χ0n) is 42.3. The first kappa shape index (κ1) is 60.4. The molecule has 0 amide bonds. The highest BCUT2D eigenvalue weighted by molar-refractivity contribution is 5.71. The first-order valence-corrected chi connectivity index (χ1v) is 27.9. The van der Waals surface area contributed by atoms with Gasteiger partial charge in [-0.2, -0.15) is 0 Å². The lowest BCUT2D eigenvalue weighted by Crippen LogP contribution is -2.30. The molecule has 0 fully saturated rings. The van der Waals surface area contributed by atoms with E-state index in [1.807, 2.05) is 0 Å². The highest BCUT2D eigenvalue weighted by Crippen LogP contribution is 2.18. The molecule has 62 heavy (non-hydrogen) atoms.